The summed E-state index contributed by atoms with van der Waals surface area (Å²) in [5.41, 5.74) is 6.54. The van der Waals surface area contributed by atoms with E-state index in [0.717, 1.165) is 12.0 Å². The Balaban J connectivity index is 2.59. The van der Waals surface area contributed by atoms with Crippen molar-refractivity contribution < 1.29 is 4.79 Å². The van der Waals surface area contributed by atoms with Crippen molar-refractivity contribution in [2.75, 3.05) is 13.1 Å². The van der Waals surface area contributed by atoms with E-state index in [1.807, 2.05) is 19.1 Å². The highest BCUT2D eigenvalue weighted by molar-refractivity contribution is 5.76. The number of nitriles is 1. The van der Waals surface area contributed by atoms with Gasteiger partial charge in [-0.3, -0.25) is 9.78 Å². The van der Waals surface area contributed by atoms with E-state index in [0.29, 0.717) is 38.4 Å². The topological polar surface area (TPSA) is 83.0 Å². The van der Waals surface area contributed by atoms with Crippen LogP contribution in [0.5, 0.6) is 0 Å². The molecule has 1 atom stereocenters. The van der Waals surface area contributed by atoms with Gasteiger partial charge >= 0.3 is 0 Å². The first-order chi connectivity index (χ1) is 9.67. The molecule has 5 nitrogen and oxygen atoms in total. The third-order valence-electron chi connectivity index (χ3n) is 3.20. The summed E-state index contributed by atoms with van der Waals surface area (Å²) in [6, 6.07) is 5.86. The fourth-order valence-corrected chi connectivity index (χ4v) is 1.83. The van der Waals surface area contributed by atoms with Crippen LogP contribution in [0.4, 0.5) is 0 Å². The van der Waals surface area contributed by atoms with Crippen LogP contribution >= 0.6 is 0 Å². The van der Waals surface area contributed by atoms with Gasteiger partial charge in [0, 0.05) is 31.9 Å². The highest BCUT2D eigenvalue weighted by Gasteiger charge is 2.14. The Kier molecular flexibility index (Phi) is 7.30. The van der Waals surface area contributed by atoms with Crippen LogP contribution in [0.2, 0.25) is 0 Å². The fourth-order valence-electron chi connectivity index (χ4n) is 1.83. The van der Waals surface area contributed by atoms with Gasteiger partial charge in [-0.25, -0.2) is 0 Å². The number of nitrogens with two attached hydrogens (primary N) is 1. The van der Waals surface area contributed by atoms with Gasteiger partial charge in [-0.15, -0.1) is 0 Å². The molecule has 0 aliphatic carbocycles. The van der Waals surface area contributed by atoms with Gasteiger partial charge in [-0.2, -0.15) is 5.26 Å². The standard InChI is InChI=1S/C15H22N4O/c1-13(10-17)5-6-15(20)19(9-3-7-16)12-14-4-2-8-18-11-14/h2,4,8,11,13H,3,5-6,9-10,12,17H2,1H3. The molecule has 20 heavy (non-hydrogen) atoms. The van der Waals surface area contributed by atoms with Gasteiger partial charge in [0.25, 0.3) is 0 Å². The lowest BCUT2D eigenvalue weighted by Crippen LogP contribution is -2.31. The molecule has 1 rings (SSSR count). The molecule has 2 N–H and O–H groups in total. The second kappa shape index (κ2) is 9.05. The highest BCUT2D eigenvalue weighted by atomic mass is 16.2. The number of hydrogen-bond acceptors (Lipinski definition) is 4. The summed E-state index contributed by atoms with van der Waals surface area (Å²) in [6.07, 6.45) is 5.05. The van der Waals surface area contributed by atoms with Crippen LogP contribution in [0.15, 0.2) is 24.5 Å². The zero-order valence-corrected chi connectivity index (χ0v) is 12.0. The molecule has 0 bridgehead atoms. The summed E-state index contributed by atoms with van der Waals surface area (Å²) < 4.78 is 0. The van der Waals surface area contributed by atoms with E-state index in [4.69, 9.17) is 11.0 Å². The summed E-state index contributed by atoms with van der Waals surface area (Å²) >= 11 is 0. The zero-order valence-electron chi connectivity index (χ0n) is 12.0. The number of pyridine rings is 1. The zero-order chi connectivity index (χ0) is 14.8. The highest BCUT2D eigenvalue weighted by Crippen LogP contribution is 2.10. The van der Waals surface area contributed by atoms with E-state index in [1.165, 1.54) is 0 Å². The van der Waals surface area contributed by atoms with Crippen molar-refractivity contribution in [1.82, 2.24) is 9.88 Å². The molecular formula is C15H22N4O. The van der Waals surface area contributed by atoms with Crippen LogP contribution in [-0.4, -0.2) is 28.9 Å². The summed E-state index contributed by atoms with van der Waals surface area (Å²) in [4.78, 5) is 18.0. The van der Waals surface area contributed by atoms with E-state index in [9.17, 15) is 4.79 Å². The van der Waals surface area contributed by atoms with Crippen LogP contribution in [0, 0.1) is 17.2 Å². The Labute approximate surface area is 120 Å². The maximum absolute atomic E-state index is 12.2. The first-order valence-corrected chi connectivity index (χ1v) is 6.91. The maximum atomic E-state index is 12.2. The number of hydrogen-bond donors (Lipinski definition) is 1. The van der Waals surface area contributed by atoms with Crippen molar-refractivity contribution in [3.8, 4) is 6.07 Å². The molecule has 0 saturated heterocycles. The molecule has 1 amide bonds. The minimum absolute atomic E-state index is 0.0735. The van der Waals surface area contributed by atoms with Gasteiger partial charge in [0.15, 0.2) is 0 Å². The molecule has 0 saturated carbocycles. The second-order valence-corrected chi connectivity index (χ2v) is 4.96. The molecule has 0 fully saturated rings. The lowest BCUT2D eigenvalue weighted by Gasteiger charge is -2.22. The van der Waals surface area contributed by atoms with E-state index in [-0.39, 0.29) is 5.91 Å². The largest absolute Gasteiger partial charge is 0.337 e. The monoisotopic (exact) mass is 274 g/mol. The number of carbonyl (C=O) groups excluding carboxylic acids is 1. The molecular weight excluding hydrogens is 252 g/mol. The van der Waals surface area contributed by atoms with Crippen molar-refractivity contribution in [2.24, 2.45) is 11.7 Å². The van der Waals surface area contributed by atoms with E-state index in [1.54, 1.807) is 17.3 Å². The van der Waals surface area contributed by atoms with Crippen LogP contribution in [0.1, 0.15) is 31.7 Å². The van der Waals surface area contributed by atoms with E-state index in [2.05, 4.69) is 11.1 Å². The minimum atomic E-state index is 0.0735. The normalized spacial score (nSPS) is 11.7. The lowest BCUT2D eigenvalue weighted by atomic mass is 10.1. The Hall–Kier alpha value is -1.93. The van der Waals surface area contributed by atoms with E-state index < -0.39 is 0 Å². The lowest BCUT2D eigenvalue weighted by molar-refractivity contribution is -0.132. The van der Waals surface area contributed by atoms with Gasteiger partial charge in [0.2, 0.25) is 5.91 Å². The van der Waals surface area contributed by atoms with Gasteiger partial charge < -0.3 is 10.6 Å². The summed E-state index contributed by atoms with van der Waals surface area (Å²) in [5.74, 6) is 0.416. The van der Waals surface area contributed by atoms with Gasteiger partial charge in [0.05, 0.1) is 12.5 Å². The third kappa shape index (κ3) is 5.81. The SMILES string of the molecule is CC(CN)CCC(=O)N(CCC#N)Cc1cccnc1. The van der Waals surface area contributed by atoms with E-state index >= 15 is 0 Å². The summed E-state index contributed by atoms with van der Waals surface area (Å²) in [7, 11) is 0. The van der Waals surface area contributed by atoms with Crippen molar-refractivity contribution in [2.45, 2.75) is 32.7 Å². The smallest absolute Gasteiger partial charge is 0.222 e. The van der Waals surface area contributed by atoms with Crippen molar-refractivity contribution in [1.29, 1.82) is 5.26 Å². The summed E-state index contributed by atoms with van der Waals surface area (Å²) in [5, 5.41) is 8.70. The Morgan fingerprint density at radius 1 is 1.60 bits per heavy atom. The van der Waals surface area contributed by atoms with Crippen molar-refractivity contribution in [3.05, 3.63) is 30.1 Å². The van der Waals surface area contributed by atoms with Gasteiger partial charge in [-0.05, 0) is 30.5 Å². The average molecular weight is 274 g/mol. The number of amides is 1. The van der Waals surface area contributed by atoms with Crippen LogP contribution in [0.25, 0.3) is 0 Å². The predicted molar refractivity (Wildman–Crippen MR) is 77.3 cm³/mol. The molecule has 0 aliphatic heterocycles. The fraction of sp³-hybridized carbons (Fsp3) is 0.533. The maximum Gasteiger partial charge on any atom is 0.222 e. The molecule has 1 aromatic rings. The summed E-state index contributed by atoms with van der Waals surface area (Å²) in [6.45, 7) is 3.59. The first-order valence-electron chi connectivity index (χ1n) is 6.91. The van der Waals surface area contributed by atoms with Crippen molar-refractivity contribution >= 4 is 5.91 Å². The quantitative estimate of drug-likeness (QED) is 0.782. The third-order valence-corrected chi connectivity index (χ3v) is 3.20. The average Bonchev–Trinajstić information content (AvgIpc) is 2.49. The Bertz CT molecular complexity index is 441. The molecule has 1 unspecified atom stereocenters. The van der Waals surface area contributed by atoms with Crippen molar-refractivity contribution in [3.63, 3.8) is 0 Å². The molecule has 0 aliphatic rings. The van der Waals surface area contributed by atoms with Crippen LogP contribution < -0.4 is 5.73 Å². The minimum Gasteiger partial charge on any atom is -0.337 e. The molecule has 5 heteroatoms. The number of aromatic nitrogens is 1. The molecule has 108 valence electrons. The Morgan fingerprint density at radius 3 is 3.00 bits per heavy atom. The first kappa shape index (κ1) is 16.1. The van der Waals surface area contributed by atoms with Gasteiger partial charge in [0.1, 0.15) is 0 Å². The number of rotatable bonds is 8. The molecule has 1 aromatic heterocycles. The van der Waals surface area contributed by atoms with Crippen LogP contribution in [-0.2, 0) is 11.3 Å². The molecule has 0 aromatic carbocycles. The molecule has 0 spiro atoms. The van der Waals surface area contributed by atoms with Crippen LogP contribution in [0.3, 0.4) is 0 Å². The molecule has 0 radical (unpaired) electrons. The second-order valence-electron chi connectivity index (χ2n) is 4.96. The number of carbonyl (C=O) groups is 1. The Morgan fingerprint density at radius 2 is 2.40 bits per heavy atom. The predicted octanol–water partition coefficient (Wildman–Crippen LogP) is 1.70. The molecule has 1 heterocycles. The van der Waals surface area contributed by atoms with Gasteiger partial charge in [-0.1, -0.05) is 13.0 Å². The number of nitrogens with zero attached hydrogens (tertiary/aromatic N) is 3.